The number of likely N-dealkylation sites (N-methyl/N-ethyl adjacent to an activating group) is 1. The van der Waals surface area contributed by atoms with Gasteiger partial charge in [-0.2, -0.15) is 0 Å². The van der Waals surface area contributed by atoms with Crippen LogP contribution in [0.4, 0.5) is 0 Å². The number of rotatable bonds is 6. The molecule has 0 aromatic carbocycles. The molecule has 0 saturated carbocycles. The van der Waals surface area contributed by atoms with Crippen LogP contribution in [0.1, 0.15) is 54.4 Å². The molecule has 0 aliphatic heterocycles. The van der Waals surface area contributed by atoms with E-state index in [2.05, 4.69) is 53.7 Å². The van der Waals surface area contributed by atoms with Crippen molar-refractivity contribution in [1.82, 2.24) is 9.80 Å². The topological polar surface area (TPSA) is 23.6 Å². The van der Waals surface area contributed by atoms with Crippen molar-refractivity contribution in [3.63, 3.8) is 0 Å². The molecule has 3 heteroatoms. The lowest BCUT2D eigenvalue weighted by Crippen LogP contribution is -2.49. The number of amides is 1. The highest BCUT2D eigenvalue weighted by Crippen LogP contribution is 2.17. The number of unbranched alkanes of at least 4 members (excludes halogenated alkanes) is 1. The molecule has 3 nitrogen and oxygen atoms in total. The summed E-state index contributed by atoms with van der Waals surface area (Å²) in [6.07, 6.45) is 6.52. The van der Waals surface area contributed by atoms with Gasteiger partial charge in [-0.05, 0) is 53.1 Å². The highest BCUT2D eigenvalue weighted by atomic mass is 16.2. The molecule has 0 atom stereocenters. The van der Waals surface area contributed by atoms with Crippen LogP contribution in [-0.2, 0) is 4.79 Å². The second kappa shape index (κ2) is 7.82. The van der Waals surface area contributed by atoms with E-state index in [1.807, 2.05) is 23.9 Å². The fourth-order valence-corrected chi connectivity index (χ4v) is 1.99. The quantitative estimate of drug-likeness (QED) is 0.549. The zero-order valence-electron chi connectivity index (χ0n) is 14.8. The molecule has 0 fully saturated rings. The van der Waals surface area contributed by atoms with Gasteiger partial charge >= 0.3 is 0 Å². The molecule has 118 valence electrons. The van der Waals surface area contributed by atoms with Gasteiger partial charge < -0.3 is 9.80 Å². The zero-order chi connectivity index (χ0) is 16.0. The summed E-state index contributed by atoms with van der Waals surface area (Å²) in [5.41, 5.74) is 0.130. The summed E-state index contributed by atoms with van der Waals surface area (Å²) in [4.78, 5) is 16.2. The molecule has 0 heterocycles. The average molecular weight is 282 g/mol. The van der Waals surface area contributed by atoms with E-state index in [1.54, 1.807) is 0 Å². The lowest BCUT2D eigenvalue weighted by Gasteiger charge is -2.36. The molecular formula is C17H34N2O. The number of hydrogen-bond donors (Lipinski definition) is 0. The van der Waals surface area contributed by atoms with Gasteiger partial charge in [0, 0.05) is 12.1 Å². The number of nitrogens with zero attached hydrogens (tertiary/aromatic N) is 2. The van der Waals surface area contributed by atoms with Gasteiger partial charge in [0.25, 0.3) is 0 Å². The van der Waals surface area contributed by atoms with E-state index in [-0.39, 0.29) is 16.9 Å². The molecule has 0 aliphatic carbocycles. The summed E-state index contributed by atoms with van der Waals surface area (Å²) >= 11 is 0. The van der Waals surface area contributed by atoms with E-state index in [1.165, 1.54) is 0 Å². The van der Waals surface area contributed by atoms with Crippen LogP contribution >= 0.6 is 0 Å². The predicted molar refractivity (Wildman–Crippen MR) is 87.8 cm³/mol. The largest absolute Gasteiger partial charge is 0.337 e. The van der Waals surface area contributed by atoms with Crippen LogP contribution < -0.4 is 0 Å². The van der Waals surface area contributed by atoms with Crippen molar-refractivity contribution in [2.45, 2.75) is 59.9 Å². The summed E-state index contributed by atoms with van der Waals surface area (Å²) in [5.74, 6) is 0.210. The molecule has 0 bridgehead atoms. The lowest BCUT2D eigenvalue weighted by molar-refractivity contribution is -0.136. The zero-order valence-corrected chi connectivity index (χ0v) is 14.8. The third kappa shape index (κ3) is 9.13. The molecule has 0 spiro atoms. The summed E-state index contributed by atoms with van der Waals surface area (Å²) < 4.78 is 0. The van der Waals surface area contributed by atoms with E-state index in [0.717, 1.165) is 19.4 Å². The van der Waals surface area contributed by atoms with Gasteiger partial charge in [-0.25, -0.2) is 0 Å². The van der Waals surface area contributed by atoms with Gasteiger partial charge in [0.05, 0.1) is 6.54 Å². The van der Waals surface area contributed by atoms with Crippen molar-refractivity contribution >= 4 is 5.91 Å². The molecule has 1 amide bonds. The summed E-state index contributed by atoms with van der Waals surface area (Å²) in [6, 6.07) is 0. The van der Waals surface area contributed by atoms with Crippen molar-refractivity contribution in [3.05, 3.63) is 12.2 Å². The second-order valence-corrected chi connectivity index (χ2v) is 7.86. The van der Waals surface area contributed by atoms with Gasteiger partial charge in [-0.3, -0.25) is 4.79 Å². The van der Waals surface area contributed by atoms with E-state index >= 15 is 0 Å². The lowest BCUT2D eigenvalue weighted by atomic mass is 9.96. The number of allylic oxidation sites excluding steroid dienone is 2. The minimum absolute atomic E-state index is 0.110. The molecule has 0 rings (SSSR count). The van der Waals surface area contributed by atoms with Crippen molar-refractivity contribution in [2.75, 3.05) is 27.2 Å². The standard InChI is InChI=1S/C17H34N2O/c1-16(2,3)12-10-9-11-13-19(17(4,5)6)15(20)14-18(7)8/h10,12H,9,11,13-14H2,1-8H3/b12-10-. The van der Waals surface area contributed by atoms with Gasteiger partial charge in [-0.1, -0.05) is 32.9 Å². The van der Waals surface area contributed by atoms with Crippen LogP contribution in [0.2, 0.25) is 0 Å². The first-order valence-electron chi connectivity index (χ1n) is 7.56. The maximum absolute atomic E-state index is 12.3. The van der Waals surface area contributed by atoms with Crippen molar-refractivity contribution < 1.29 is 4.79 Å². The van der Waals surface area contributed by atoms with Crippen molar-refractivity contribution in [3.8, 4) is 0 Å². The molecule has 0 aromatic rings. The van der Waals surface area contributed by atoms with Crippen molar-refractivity contribution in [1.29, 1.82) is 0 Å². The smallest absolute Gasteiger partial charge is 0.237 e. The van der Waals surface area contributed by atoms with Crippen LogP contribution in [0.15, 0.2) is 12.2 Å². The molecule has 0 aromatic heterocycles. The highest BCUT2D eigenvalue weighted by molar-refractivity contribution is 5.78. The fourth-order valence-electron chi connectivity index (χ4n) is 1.99. The first kappa shape index (κ1) is 19.2. The average Bonchev–Trinajstić information content (AvgIpc) is 2.18. The van der Waals surface area contributed by atoms with E-state index < -0.39 is 0 Å². The first-order valence-corrected chi connectivity index (χ1v) is 7.56. The Kier molecular flexibility index (Phi) is 7.50. The fraction of sp³-hybridized carbons (Fsp3) is 0.824. The molecule has 0 N–H and O–H groups in total. The predicted octanol–water partition coefficient (Wildman–Crippen LogP) is 3.56. The SMILES string of the molecule is CN(C)CC(=O)N(CCC/C=C\C(C)(C)C)C(C)(C)C. The maximum atomic E-state index is 12.3. The van der Waals surface area contributed by atoms with E-state index in [0.29, 0.717) is 6.54 Å². The molecule has 20 heavy (non-hydrogen) atoms. The Morgan fingerprint density at radius 2 is 1.60 bits per heavy atom. The third-order valence-electron chi connectivity index (χ3n) is 2.93. The van der Waals surface area contributed by atoms with Gasteiger partial charge in [0.15, 0.2) is 0 Å². The van der Waals surface area contributed by atoms with Gasteiger partial charge in [-0.15, -0.1) is 0 Å². The number of hydrogen-bond acceptors (Lipinski definition) is 2. The van der Waals surface area contributed by atoms with Crippen LogP contribution in [0.25, 0.3) is 0 Å². The highest BCUT2D eigenvalue weighted by Gasteiger charge is 2.25. The van der Waals surface area contributed by atoms with Crippen LogP contribution in [0, 0.1) is 5.41 Å². The van der Waals surface area contributed by atoms with Gasteiger partial charge in [0.1, 0.15) is 0 Å². The first-order chi connectivity index (χ1) is 8.93. The minimum Gasteiger partial charge on any atom is -0.337 e. The van der Waals surface area contributed by atoms with Crippen LogP contribution in [0.5, 0.6) is 0 Å². The van der Waals surface area contributed by atoms with Gasteiger partial charge in [0.2, 0.25) is 5.91 Å². The summed E-state index contributed by atoms with van der Waals surface area (Å²) in [7, 11) is 3.87. The Labute approximate surface area is 126 Å². The molecule has 0 unspecified atom stereocenters. The maximum Gasteiger partial charge on any atom is 0.237 e. The molecule has 0 saturated heterocycles. The Hall–Kier alpha value is -0.830. The second-order valence-electron chi connectivity index (χ2n) is 7.86. The summed E-state index contributed by atoms with van der Waals surface area (Å²) in [6.45, 7) is 14.2. The minimum atomic E-state index is -0.110. The Bertz CT molecular complexity index is 319. The van der Waals surface area contributed by atoms with E-state index in [9.17, 15) is 4.79 Å². The number of carbonyl (C=O) groups is 1. The van der Waals surface area contributed by atoms with Crippen molar-refractivity contribution in [2.24, 2.45) is 5.41 Å². The monoisotopic (exact) mass is 282 g/mol. The molecular weight excluding hydrogens is 248 g/mol. The Morgan fingerprint density at radius 1 is 1.05 bits per heavy atom. The normalized spacial score (nSPS) is 13.2. The molecule has 0 aliphatic rings. The van der Waals surface area contributed by atoms with Crippen LogP contribution in [-0.4, -0.2) is 48.4 Å². The summed E-state index contributed by atoms with van der Waals surface area (Å²) in [5, 5.41) is 0. The Balaban J connectivity index is 4.40. The number of carbonyl (C=O) groups excluding carboxylic acids is 1. The molecule has 0 radical (unpaired) electrons. The van der Waals surface area contributed by atoms with E-state index in [4.69, 9.17) is 0 Å². The Morgan fingerprint density at radius 3 is 2.00 bits per heavy atom. The third-order valence-corrected chi connectivity index (χ3v) is 2.93. The van der Waals surface area contributed by atoms with Crippen LogP contribution in [0.3, 0.4) is 0 Å².